The fraction of sp³-hybridized carbons (Fsp3) is 0.111. The van der Waals surface area contributed by atoms with Crippen LogP contribution in [0.4, 0.5) is 0 Å². The summed E-state index contributed by atoms with van der Waals surface area (Å²) < 4.78 is 0. The maximum Gasteiger partial charge on any atom is 2.00 e. The Hall–Kier alpha value is -0.909. The fourth-order valence-corrected chi connectivity index (χ4v) is 1.66. The molecule has 0 spiro atoms. The molecule has 2 aromatic carbocycles. The molecule has 0 aromatic heterocycles. The minimum absolute atomic E-state index is 0. The maximum atomic E-state index is 11.0. The molecule has 3 heteroatoms. The average Bonchev–Trinajstić information content (AvgIpc) is 2.45. The summed E-state index contributed by atoms with van der Waals surface area (Å²) in [4.78, 5) is 0. The molecule has 0 radical (unpaired) electrons. The monoisotopic (exact) mass is 404 g/mol. The molecule has 0 aliphatic carbocycles. The van der Waals surface area contributed by atoms with Gasteiger partial charge in [-0.15, -0.1) is 24.7 Å². The number of para-hydroxylation sites is 2. The summed E-state index contributed by atoms with van der Waals surface area (Å²) >= 11 is 0. The van der Waals surface area contributed by atoms with Gasteiger partial charge in [0.25, 0.3) is 0 Å². The molecule has 0 N–H and O–H groups in total. The van der Waals surface area contributed by atoms with Crippen molar-refractivity contribution in [2.24, 2.45) is 0 Å². The van der Waals surface area contributed by atoms with E-state index >= 15 is 0 Å². The molecule has 0 fully saturated rings. The topological polar surface area (TPSA) is 46.1 Å². The molecule has 2 aromatic rings. The summed E-state index contributed by atoms with van der Waals surface area (Å²) in [6.45, 7) is 7.12. The van der Waals surface area contributed by atoms with Gasteiger partial charge in [-0.25, -0.2) is 0 Å². The molecule has 0 atom stereocenters. The summed E-state index contributed by atoms with van der Waals surface area (Å²) in [7, 11) is 0. The van der Waals surface area contributed by atoms with Gasteiger partial charge in [0.1, 0.15) is 0 Å². The Morgan fingerprint density at radius 3 is 1.33 bits per heavy atom. The summed E-state index contributed by atoms with van der Waals surface area (Å²) in [5.74, 6) is 0.199. The second-order valence-corrected chi connectivity index (χ2v) is 4.20. The Morgan fingerprint density at radius 2 is 1.05 bits per heavy atom. The third-order valence-electron chi connectivity index (χ3n) is 2.67. The van der Waals surface area contributed by atoms with Crippen molar-refractivity contribution in [3.05, 3.63) is 85.0 Å². The van der Waals surface area contributed by atoms with E-state index in [0.29, 0.717) is 12.8 Å². The van der Waals surface area contributed by atoms with Gasteiger partial charge in [0, 0.05) is 0 Å². The van der Waals surface area contributed by atoms with Gasteiger partial charge in [-0.3, -0.25) is 0 Å². The minimum Gasteiger partial charge on any atom is -0.872 e. The molecule has 0 aliphatic rings. The molecular formula is C18H18BaO2. The van der Waals surface area contributed by atoms with Crippen molar-refractivity contribution >= 4 is 48.9 Å². The largest absolute Gasteiger partial charge is 2.00 e. The minimum atomic E-state index is 0. The molecule has 0 aliphatic heterocycles. The second-order valence-electron chi connectivity index (χ2n) is 4.20. The van der Waals surface area contributed by atoms with Crippen molar-refractivity contribution in [3.8, 4) is 11.5 Å². The van der Waals surface area contributed by atoms with Crippen LogP contribution in [0.5, 0.6) is 11.5 Å². The van der Waals surface area contributed by atoms with Crippen LogP contribution in [0.15, 0.2) is 73.8 Å². The van der Waals surface area contributed by atoms with Gasteiger partial charge in [0.15, 0.2) is 0 Å². The Bertz CT molecular complexity index is 513. The number of hydrogen-bond acceptors (Lipinski definition) is 2. The van der Waals surface area contributed by atoms with Gasteiger partial charge in [-0.2, -0.15) is 0 Å². The third-order valence-corrected chi connectivity index (χ3v) is 2.67. The summed E-state index contributed by atoms with van der Waals surface area (Å²) in [6, 6.07) is 14.0. The van der Waals surface area contributed by atoms with Gasteiger partial charge in [-0.1, -0.05) is 71.8 Å². The molecule has 2 rings (SSSR count). The van der Waals surface area contributed by atoms with Crippen molar-refractivity contribution in [3.63, 3.8) is 0 Å². The van der Waals surface area contributed by atoms with Gasteiger partial charge in [0.05, 0.1) is 0 Å². The van der Waals surface area contributed by atoms with Gasteiger partial charge < -0.3 is 10.2 Å². The van der Waals surface area contributed by atoms with Crippen molar-refractivity contribution in [1.29, 1.82) is 0 Å². The Labute approximate surface area is 166 Å². The predicted molar refractivity (Wildman–Crippen MR) is 85.3 cm³/mol. The fourth-order valence-electron chi connectivity index (χ4n) is 1.66. The molecule has 2 nitrogen and oxygen atoms in total. The maximum absolute atomic E-state index is 11.0. The number of hydrogen-bond donors (Lipinski definition) is 0. The molecule has 0 heterocycles. The van der Waals surface area contributed by atoms with E-state index in [2.05, 4.69) is 13.2 Å². The molecule has 0 bridgehead atoms. The van der Waals surface area contributed by atoms with Gasteiger partial charge in [0.2, 0.25) is 0 Å². The van der Waals surface area contributed by atoms with Crippen LogP contribution in [0, 0.1) is 0 Å². The number of benzene rings is 2. The number of rotatable bonds is 4. The average molecular weight is 404 g/mol. The van der Waals surface area contributed by atoms with Crippen LogP contribution >= 0.6 is 0 Å². The van der Waals surface area contributed by atoms with E-state index in [1.165, 1.54) is 0 Å². The van der Waals surface area contributed by atoms with E-state index in [1.807, 2.05) is 24.3 Å². The zero-order valence-electron chi connectivity index (χ0n) is 12.1. The molecule has 21 heavy (non-hydrogen) atoms. The van der Waals surface area contributed by atoms with E-state index in [-0.39, 0.29) is 60.4 Å². The van der Waals surface area contributed by atoms with Crippen LogP contribution in [-0.4, -0.2) is 48.9 Å². The number of allylic oxidation sites excluding steroid dienone is 2. The predicted octanol–water partition coefficient (Wildman–Crippen LogP) is 2.60. The molecule has 0 unspecified atom stereocenters. The van der Waals surface area contributed by atoms with Crippen LogP contribution in [0.25, 0.3) is 0 Å². The Morgan fingerprint density at radius 1 is 0.714 bits per heavy atom. The van der Waals surface area contributed by atoms with Gasteiger partial charge >= 0.3 is 48.9 Å². The molecule has 0 amide bonds. The summed E-state index contributed by atoms with van der Waals surface area (Å²) in [5.41, 5.74) is 1.63. The first-order valence-electron chi connectivity index (χ1n) is 6.40. The van der Waals surface area contributed by atoms with E-state index < -0.39 is 0 Å². The van der Waals surface area contributed by atoms with Crippen LogP contribution in [-0.2, 0) is 12.8 Å². The van der Waals surface area contributed by atoms with E-state index in [9.17, 15) is 10.2 Å². The third kappa shape index (κ3) is 7.60. The SMILES string of the molecule is C=CCc1ccccc1[O-].C=CCc1ccccc1[O-].[Ba+2]. The van der Waals surface area contributed by atoms with Crippen molar-refractivity contribution in [2.75, 3.05) is 0 Å². The second kappa shape index (κ2) is 11.7. The van der Waals surface area contributed by atoms with Crippen LogP contribution in [0.2, 0.25) is 0 Å². The molecule has 104 valence electrons. The zero-order chi connectivity index (χ0) is 14.8. The van der Waals surface area contributed by atoms with Crippen LogP contribution in [0.3, 0.4) is 0 Å². The van der Waals surface area contributed by atoms with Crippen molar-refractivity contribution in [2.45, 2.75) is 12.8 Å². The normalized spacial score (nSPS) is 8.76. The van der Waals surface area contributed by atoms with Crippen LogP contribution in [0.1, 0.15) is 11.1 Å². The molecular weight excluding hydrogens is 386 g/mol. The summed E-state index contributed by atoms with van der Waals surface area (Å²) in [5, 5.41) is 21.9. The molecule has 0 saturated carbocycles. The van der Waals surface area contributed by atoms with Gasteiger partial charge in [-0.05, 0) is 12.8 Å². The zero-order valence-corrected chi connectivity index (χ0v) is 16.6. The first-order valence-corrected chi connectivity index (χ1v) is 6.40. The van der Waals surface area contributed by atoms with E-state index in [4.69, 9.17) is 0 Å². The van der Waals surface area contributed by atoms with E-state index in [1.54, 1.807) is 36.4 Å². The quantitative estimate of drug-likeness (QED) is 0.582. The first-order chi connectivity index (χ1) is 9.69. The smallest absolute Gasteiger partial charge is 0.872 e. The van der Waals surface area contributed by atoms with E-state index in [0.717, 1.165) is 11.1 Å². The Balaban J connectivity index is 0.000000364. The summed E-state index contributed by atoms with van der Waals surface area (Å²) in [6.07, 6.45) is 4.80. The van der Waals surface area contributed by atoms with Crippen molar-refractivity contribution < 1.29 is 10.2 Å². The molecule has 0 saturated heterocycles. The Kier molecular flexibility index (Phi) is 11.2. The van der Waals surface area contributed by atoms with Crippen molar-refractivity contribution in [1.82, 2.24) is 0 Å². The van der Waals surface area contributed by atoms with Crippen LogP contribution < -0.4 is 10.2 Å². The standard InChI is InChI=1S/2C9H10O.Ba/c2*1-2-5-8-6-3-4-7-9(8)10;/h2*2-4,6-7,10H,1,5H2;/q;;+2/p-2. The first kappa shape index (κ1) is 20.1.